The van der Waals surface area contributed by atoms with Crippen molar-refractivity contribution in [1.82, 2.24) is 0 Å². The number of hydrogen-bond acceptors (Lipinski definition) is 2. The highest BCUT2D eigenvalue weighted by Gasteiger charge is 1.95. The van der Waals surface area contributed by atoms with Crippen molar-refractivity contribution < 1.29 is 8.42 Å². The Morgan fingerprint density at radius 3 is 2.00 bits per heavy atom. The maximum absolute atomic E-state index is 9.16. The molecule has 0 amide bonds. The van der Waals surface area contributed by atoms with E-state index in [1.54, 1.807) is 0 Å². The van der Waals surface area contributed by atoms with Crippen LogP contribution in [0.4, 0.5) is 0 Å². The Hall–Kier alpha value is 0.230. The molecule has 0 saturated carbocycles. The zero-order valence-electron chi connectivity index (χ0n) is 8.03. The van der Waals surface area contributed by atoms with Crippen molar-refractivity contribution >= 4 is 45.6 Å². The summed E-state index contributed by atoms with van der Waals surface area (Å²) in [7, 11) is 4.81. The van der Waals surface area contributed by atoms with Crippen molar-refractivity contribution in [1.29, 1.82) is 0 Å². The molecule has 0 aliphatic carbocycles. The van der Waals surface area contributed by atoms with Crippen LogP contribution in [0, 0.1) is 0 Å². The second kappa shape index (κ2) is 7.49. The molecular weight excluding hydrogens is 323 g/mol. The molecule has 86 valence electrons. The third-order valence-corrected chi connectivity index (χ3v) is 1.68. The molecule has 0 bridgehead atoms. The van der Waals surface area contributed by atoms with Gasteiger partial charge in [-0.25, -0.2) is 0 Å². The number of benzene rings is 1. The van der Waals surface area contributed by atoms with Gasteiger partial charge in [-0.2, -0.15) is 8.42 Å². The molecule has 15 heavy (non-hydrogen) atoms. The van der Waals surface area contributed by atoms with Crippen LogP contribution in [-0.2, 0) is 14.7 Å². The van der Waals surface area contributed by atoms with Gasteiger partial charge in [-0.05, 0) is 12.0 Å². The van der Waals surface area contributed by atoms with E-state index < -0.39 is 8.26 Å². The third-order valence-electron chi connectivity index (χ3n) is 1.36. The largest absolute Gasteiger partial charge is 0.317 e. The summed E-state index contributed by atoms with van der Waals surface area (Å²) < 4.78 is 18.3. The van der Waals surface area contributed by atoms with Crippen LogP contribution >= 0.6 is 37.3 Å². The van der Waals surface area contributed by atoms with Crippen LogP contribution in [0.5, 0.6) is 0 Å². The Morgan fingerprint density at radius 2 is 1.67 bits per heavy atom. The molecule has 1 aromatic rings. The lowest BCUT2D eigenvalue weighted by molar-refractivity contribution is 0.621. The standard InChI is InChI=1S/C9H11Br.Cl2O2S/c1-8(10)7-9-5-3-2-4-6-9;1-5(2,3)4/h2-6,8H,7H2,1H3;. The first-order chi connectivity index (χ1) is 6.79. The maximum atomic E-state index is 9.16. The Morgan fingerprint density at radius 1 is 1.27 bits per heavy atom. The first kappa shape index (κ1) is 15.2. The predicted octanol–water partition coefficient (Wildman–Crippen LogP) is 3.72. The molecule has 0 aromatic heterocycles. The highest BCUT2D eigenvalue weighted by atomic mass is 79.9. The van der Waals surface area contributed by atoms with Crippen LogP contribution in [0.3, 0.4) is 0 Å². The monoisotopic (exact) mass is 332 g/mol. The van der Waals surface area contributed by atoms with Crippen molar-refractivity contribution in [3.8, 4) is 0 Å². The van der Waals surface area contributed by atoms with E-state index in [1.165, 1.54) is 5.56 Å². The van der Waals surface area contributed by atoms with Gasteiger partial charge in [-0.1, -0.05) is 53.2 Å². The van der Waals surface area contributed by atoms with Crippen molar-refractivity contribution in [2.24, 2.45) is 0 Å². The zero-order chi connectivity index (χ0) is 11.9. The van der Waals surface area contributed by atoms with Crippen LogP contribution in [0.25, 0.3) is 0 Å². The van der Waals surface area contributed by atoms with Crippen LogP contribution in [0.1, 0.15) is 12.5 Å². The molecule has 2 nitrogen and oxygen atoms in total. The summed E-state index contributed by atoms with van der Waals surface area (Å²) in [6, 6.07) is 10.5. The first-order valence-electron chi connectivity index (χ1n) is 4.11. The van der Waals surface area contributed by atoms with Gasteiger partial charge in [0.2, 0.25) is 0 Å². The number of rotatable bonds is 2. The molecule has 1 rings (SSSR count). The zero-order valence-corrected chi connectivity index (χ0v) is 11.9. The minimum atomic E-state index is -3.72. The number of alkyl halides is 1. The summed E-state index contributed by atoms with van der Waals surface area (Å²) in [6.07, 6.45) is 1.11. The second-order valence-electron chi connectivity index (χ2n) is 2.85. The number of hydrogen-bond donors (Lipinski definition) is 0. The predicted molar refractivity (Wildman–Crippen MR) is 69.2 cm³/mol. The minimum Gasteiger partial charge on any atom is -0.195 e. The van der Waals surface area contributed by atoms with Gasteiger partial charge in [0.25, 0.3) is 0 Å². The first-order valence-corrected chi connectivity index (χ1v) is 8.16. The Balaban J connectivity index is 0.000000336. The van der Waals surface area contributed by atoms with Gasteiger partial charge in [-0.15, -0.1) is 0 Å². The molecule has 1 aromatic carbocycles. The SMILES string of the molecule is CC(Br)Cc1ccccc1.O=S(=O)(Cl)Cl. The van der Waals surface area contributed by atoms with Crippen molar-refractivity contribution in [3.05, 3.63) is 35.9 Å². The van der Waals surface area contributed by atoms with Gasteiger partial charge >= 0.3 is 8.26 Å². The Kier molecular flexibility index (Phi) is 7.61. The van der Waals surface area contributed by atoms with Crippen LogP contribution < -0.4 is 0 Å². The minimum absolute atomic E-state index is 0.579. The average Bonchev–Trinajstić information content (AvgIpc) is 2.01. The summed E-state index contributed by atoms with van der Waals surface area (Å²) >= 11 is 3.51. The fourth-order valence-electron chi connectivity index (χ4n) is 0.939. The summed E-state index contributed by atoms with van der Waals surface area (Å²) in [5.74, 6) is 0. The Bertz CT molecular complexity index is 357. The molecule has 0 saturated heterocycles. The smallest absolute Gasteiger partial charge is 0.195 e. The molecule has 0 radical (unpaired) electrons. The van der Waals surface area contributed by atoms with E-state index in [2.05, 4.69) is 68.5 Å². The molecular formula is C9H11BrCl2O2S. The summed E-state index contributed by atoms with van der Waals surface area (Å²) in [5, 5.41) is 0. The quantitative estimate of drug-likeness (QED) is 0.610. The van der Waals surface area contributed by atoms with Crippen LogP contribution in [0.15, 0.2) is 30.3 Å². The van der Waals surface area contributed by atoms with E-state index in [4.69, 9.17) is 8.42 Å². The summed E-state index contributed by atoms with van der Waals surface area (Å²) in [5.41, 5.74) is 1.40. The molecule has 0 aliphatic rings. The van der Waals surface area contributed by atoms with Gasteiger partial charge in [0.1, 0.15) is 0 Å². The third kappa shape index (κ3) is 14.2. The topological polar surface area (TPSA) is 34.1 Å². The second-order valence-corrected chi connectivity index (χ2v) is 8.08. The normalized spacial score (nSPS) is 12.5. The van der Waals surface area contributed by atoms with E-state index in [0.29, 0.717) is 4.83 Å². The van der Waals surface area contributed by atoms with Gasteiger partial charge in [0.15, 0.2) is 0 Å². The molecule has 0 aliphatic heterocycles. The van der Waals surface area contributed by atoms with E-state index in [0.717, 1.165) is 6.42 Å². The number of halogens is 3. The van der Waals surface area contributed by atoms with Crippen molar-refractivity contribution in [2.45, 2.75) is 18.2 Å². The molecule has 0 N–H and O–H groups in total. The van der Waals surface area contributed by atoms with E-state index in [9.17, 15) is 0 Å². The lowest BCUT2D eigenvalue weighted by atomic mass is 10.1. The van der Waals surface area contributed by atoms with Crippen molar-refractivity contribution in [3.63, 3.8) is 0 Å². The fraction of sp³-hybridized carbons (Fsp3) is 0.333. The average molecular weight is 334 g/mol. The van der Waals surface area contributed by atoms with Crippen LogP contribution in [0.2, 0.25) is 0 Å². The molecule has 6 heteroatoms. The fourth-order valence-corrected chi connectivity index (χ4v) is 1.31. The highest BCUT2D eigenvalue weighted by Crippen LogP contribution is 2.07. The summed E-state index contributed by atoms with van der Waals surface area (Å²) in [6.45, 7) is 2.16. The van der Waals surface area contributed by atoms with Gasteiger partial charge in [0.05, 0.1) is 0 Å². The molecule has 0 heterocycles. The van der Waals surface area contributed by atoms with Gasteiger partial charge in [-0.3, -0.25) is 0 Å². The van der Waals surface area contributed by atoms with Crippen LogP contribution in [-0.4, -0.2) is 13.2 Å². The molecule has 0 spiro atoms. The van der Waals surface area contributed by atoms with Gasteiger partial charge < -0.3 is 0 Å². The maximum Gasteiger partial charge on any atom is 0.317 e. The molecule has 1 unspecified atom stereocenters. The highest BCUT2D eigenvalue weighted by molar-refractivity contribution is 9.09. The van der Waals surface area contributed by atoms with E-state index in [-0.39, 0.29) is 0 Å². The lowest BCUT2D eigenvalue weighted by Crippen LogP contribution is -1.94. The molecule has 1 atom stereocenters. The van der Waals surface area contributed by atoms with Gasteiger partial charge in [0, 0.05) is 26.2 Å². The van der Waals surface area contributed by atoms with E-state index in [1.807, 2.05) is 6.07 Å². The lowest BCUT2D eigenvalue weighted by Gasteiger charge is -2.01. The van der Waals surface area contributed by atoms with E-state index >= 15 is 0 Å². The summed E-state index contributed by atoms with van der Waals surface area (Å²) in [4.78, 5) is 0.579. The van der Waals surface area contributed by atoms with Crippen molar-refractivity contribution in [2.75, 3.05) is 0 Å². The Labute approximate surface area is 108 Å². The molecule has 0 fully saturated rings.